The van der Waals surface area contributed by atoms with Gasteiger partial charge in [-0.05, 0) is 20.8 Å². The van der Waals surface area contributed by atoms with Crippen molar-refractivity contribution in [2.75, 3.05) is 13.1 Å². The SMILES string of the molecule is CC(C)(C)OC(=O)N1CCC2(CC1)Cc1c(F)cncc1O2. The summed E-state index contributed by atoms with van der Waals surface area (Å²) in [6, 6.07) is 0. The lowest BCUT2D eigenvalue weighted by Crippen LogP contribution is -2.50. The number of amides is 1. The number of likely N-dealkylation sites (tertiary alicyclic amines) is 1. The summed E-state index contributed by atoms with van der Waals surface area (Å²) < 4.78 is 25.1. The zero-order chi connectivity index (χ0) is 16.0. The summed E-state index contributed by atoms with van der Waals surface area (Å²) in [5.74, 6) is 0.217. The largest absolute Gasteiger partial charge is 0.485 e. The first kappa shape index (κ1) is 15.1. The number of hydrogen-bond donors (Lipinski definition) is 0. The molecule has 0 N–H and O–H groups in total. The number of hydrogen-bond acceptors (Lipinski definition) is 4. The highest BCUT2D eigenvalue weighted by molar-refractivity contribution is 5.68. The monoisotopic (exact) mass is 308 g/mol. The zero-order valence-electron chi connectivity index (χ0n) is 13.2. The normalized spacial score (nSPS) is 19.7. The number of piperidine rings is 1. The highest BCUT2D eigenvalue weighted by Crippen LogP contribution is 2.41. The molecule has 0 atom stereocenters. The number of nitrogens with zero attached hydrogens (tertiary/aromatic N) is 2. The fraction of sp³-hybridized carbons (Fsp3) is 0.625. The summed E-state index contributed by atoms with van der Waals surface area (Å²) in [5, 5.41) is 0. The van der Waals surface area contributed by atoms with E-state index in [0.29, 0.717) is 43.7 Å². The van der Waals surface area contributed by atoms with E-state index in [0.717, 1.165) is 0 Å². The summed E-state index contributed by atoms with van der Waals surface area (Å²) in [7, 11) is 0. The van der Waals surface area contributed by atoms with Crippen LogP contribution in [0.5, 0.6) is 5.75 Å². The summed E-state index contributed by atoms with van der Waals surface area (Å²) in [6.07, 6.45) is 4.36. The molecule has 0 radical (unpaired) electrons. The molecule has 2 aliphatic heterocycles. The van der Waals surface area contributed by atoms with Gasteiger partial charge in [-0.25, -0.2) is 9.18 Å². The predicted octanol–water partition coefficient (Wildman–Crippen LogP) is 2.93. The van der Waals surface area contributed by atoms with Crippen LogP contribution in [0.25, 0.3) is 0 Å². The average Bonchev–Trinajstić information content (AvgIpc) is 2.77. The molecule has 0 aromatic carbocycles. The van der Waals surface area contributed by atoms with Gasteiger partial charge in [-0.2, -0.15) is 0 Å². The molecular weight excluding hydrogens is 287 g/mol. The molecule has 1 fully saturated rings. The van der Waals surface area contributed by atoms with E-state index < -0.39 is 11.2 Å². The maximum Gasteiger partial charge on any atom is 0.410 e. The van der Waals surface area contributed by atoms with Gasteiger partial charge < -0.3 is 14.4 Å². The van der Waals surface area contributed by atoms with Gasteiger partial charge in [0.05, 0.1) is 12.4 Å². The van der Waals surface area contributed by atoms with E-state index in [1.165, 1.54) is 6.20 Å². The molecule has 1 spiro atoms. The number of ether oxygens (including phenoxy) is 2. The van der Waals surface area contributed by atoms with Crippen LogP contribution in [0.2, 0.25) is 0 Å². The Hall–Kier alpha value is -1.85. The third kappa shape index (κ3) is 2.87. The Labute approximate surface area is 129 Å². The Morgan fingerprint density at radius 3 is 2.64 bits per heavy atom. The molecule has 0 saturated carbocycles. The highest BCUT2D eigenvalue weighted by Gasteiger charge is 2.44. The number of pyridine rings is 1. The number of fused-ring (bicyclic) bond motifs is 1. The Bertz CT molecular complexity index is 590. The van der Waals surface area contributed by atoms with Crippen molar-refractivity contribution in [1.29, 1.82) is 0 Å². The molecule has 3 rings (SSSR count). The van der Waals surface area contributed by atoms with E-state index >= 15 is 0 Å². The molecule has 2 aliphatic rings. The molecule has 1 amide bonds. The Morgan fingerprint density at radius 1 is 1.36 bits per heavy atom. The van der Waals surface area contributed by atoms with E-state index in [-0.39, 0.29) is 11.9 Å². The number of halogens is 1. The Kier molecular flexibility index (Phi) is 3.50. The molecule has 5 nitrogen and oxygen atoms in total. The highest BCUT2D eigenvalue weighted by atomic mass is 19.1. The number of aromatic nitrogens is 1. The lowest BCUT2D eigenvalue weighted by atomic mass is 9.87. The van der Waals surface area contributed by atoms with Crippen LogP contribution in [-0.2, 0) is 11.2 Å². The van der Waals surface area contributed by atoms with Crippen molar-refractivity contribution >= 4 is 6.09 Å². The minimum Gasteiger partial charge on any atom is -0.485 e. The molecule has 0 unspecified atom stereocenters. The topological polar surface area (TPSA) is 51.7 Å². The third-order valence-corrected chi connectivity index (χ3v) is 4.12. The smallest absolute Gasteiger partial charge is 0.410 e. The van der Waals surface area contributed by atoms with Crippen LogP contribution < -0.4 is 4.74 Å². The van der Waals surface area contributed by atoms with Gasteiger partial charge in [-0.3, -0.25) is 4.98 Å². The Morgan fingerprint density at radius 2 is 2.05 bits per heavy atom. The summed E-state index contributed by atoms with van der Waals surface area (Å²) in [6.45, 7) is 6.66. The maximum absolute atomic E-state index is 13.8. The maximum atomic E-state index is 13.8. The van der Waals surface area contributed by atoms with E-state index in [1.54, 1.807) is 11.1 Å². The predicted molar refractivity (Wildman–Crippen MR) is 78.3 cm³/mol. The summed E-state index contributed by atoms with van der Waals surface area (Å²) in [4.78, 5) is 17.6. The first-order valence-corrected chi connectivity index (χ1v) is 7.57. The second-order valence-electron chi connectivity index (χ2n) is 7.03. The van der Waals surface area contributed by atoms with Crippen molar-refractivity contribution in [3.05, 3.63) is 23.8 Å². The van der Waals surface area contributed by atoms with Gasteiger partial charge >= 0.3 is 6.09 Å². The lowest BCUT2D eigenvalue weighted by molar-refractivity contribution is -0.00898. The quantitative estimate of drug-likeness (QED) is 0.739. The van der Waals surface area contributed by atoms with Crippen LogP contribution in [0.1, 0.15) is 39.2 Å². The fourth-order valence-corrected chi connectivity index (χ4v) is 3.00. The van der Waals surface area contributed by atoms with Gasteiger partial charge in [0, 0.05) is 37.9 Å². The number of carbonyl (C=O) groups is 1. The van der Waals surface area contributed by atoms with Crippen LogP contribution in [0.4, 0.5) is 9.18 Å². The van der Waals surface area contributed by atoms with E-state index in [2.05, 4.69) is 4.98 Å². The lowest BCUT2D eigenvalue weighted by Gasteiger charge is -2.38. The van der Waals surface area contributed by atoms with Crippen molar-refractivity contribution in [1.82, 2.24) is 9.88 Å². The van der Waals surface area contributed by atoms with Crippen molar-refractivity contribution in [3.8, 4) is 5.75 Å². The van der Waals surface area contributed by atoms with Gasteiger partial charge in [-0.15, -0.1) is 0 Å². The molecular formula is C16H21FN2O3. The van der Waals surface area contributed by atoms with E-state index in [9.17, 15) is 9.18 Å². The molecule has 0 bridgehead atoms. The molecule has 1 saturated heterocycles. The molecule has 6 heteroatoms. The molecule has 3 heterocycles. The molecule has 22 heavy (non-hydrogen) atoms. The third-order valence-electron chi connectivity index (χ3n) is 4.12. The van der Waals surface area contributed by atoms with Crippen LogP contribution in [-0.4, -0.2) is 40.3 Å². The van der Waals surface area contributed by atoms with Crippen molar-refractivity contribution in [3.63, 3.8) is 0 Å². The zero-order valence-corrected chi connectivity index (χ0v) is 13.2. The minimum atomic E-state index is -0.499. The number of rotatable bonds is 0. The van der Waals surface area contributed by atoms with Crippen LogP contribution in [0.3, 0.4) is 0 Å². The first-order chi connectivity index (χ1) is 10.3. The van der Waals surface area contributed by atoms with Gasteiger partial charge in [-0.1, -0.05) is 0 Å². The second kappa shape index (κ2) is 5.11. The van der Waals surface area contributed by atoms with E-state index in [4.69, 9.17) is 9.47 Å². The molecule has 120 valence electrons. The standard InChI is InChI=1S/C16H21FN2O3/c1-15(2,3)22-14(20)19-6-4-16(5-7-19)8-11-12(17)9-18-10-13(11)21-16/h9-10H,4-8H2,1-3H3. The fourth-order valence-electron chi connectivity index (χ4n) is 3.00. The molecule has 0 aliphatic carbocycles. The van der Waals surface area contributed by atoms with Crippen LogP contribution in [0.15, 0.2) is 12.4 Å². The van der Waals surface area contributed by atoms with Gasteiger partial charge in [0.1, 0.15) is 22.8 Å². The average molecular weight is 308 g/mol. The summed E-state index contributed by atoms with van der Waals surface area (Å²) in [5.41, 5.74) is -0.313. The number of carbonyl (C=O) groups excluding carboxylic acids is 1. The second-order valence-corrected chi connectivity index (χ2v) is 7.03. The van der Waals surface area contributed by atoms with Crippen LogP contribution in [0, 0.1) is 5.82 Å². The van der Waals surface area contributed by atoms with Crippen molar-refractivity contribution in [2.45, 2.75) is 51.2 Å². The van der Waals surface area contributed by atoms with Gasteiger partial charge in [0.2, 0.25) is 0 Å². The van der Waals surface area contributed by atoms with E-state index in [1.807, 2.05) is 20.8 Å². The molecule has 1 aromatic heterocycles. The Balaban J connectivity index is 1.64. The van der Waals surface area contributed by atoms with Crippen molar-refractivity contribution in [2.24, 2.45) is 0 Å². The van der Waals surface area contributed by atoms with Gasteiger partial charge in [0.25, 0.3) is 0 Å². The first-order valence-electron chi connectivity index (χ1n) is 7.57. The van der Waals surface area contributed by atoms with Crippen molar-refractivity contribution < 1.29 is 18.7 Å². The van der Waals surface area contributed by atoms with Gasteiger partial charge in [0.15, 0.2) is 0 Å². The molecule has 1 aromatic rings. The summed E-state index contributed by atoms with van der Waals surface area (Å²) >= 11 is 0. The minimum absolute atomic E-state index is 0.300. The van der Waals surface area contributed by atoms with Crippen LogP contribution >= 0.6 is 0 Å².